The first-order valence-electron chi connectivity index (χ1n) is 10.3. The Morgan fingerprint density at radius 2 is 1.84 bits per heavy atom. The Morgan fingerprint density at radius 1 is 1.12 bits per heavy atom. The van der Waals surface area contributed by atoms with Gasteiger partial charge in [0.15, 0.2) is 0 Å². The molecule has 0 saturated heterocycles. The van der Waals surface area contributed by atoms with Crippen LogP contribution in [0, 0.1) is 11.3 Å². The number of carbonyl (C=O) groups is 2. The molecule has 168 valence electrons. The van der Waals surface area contributed by atoms with Gasteiger partial charge in [0, 0.05) is 23.4 Å². The summed E-state index contributed by atoms with van der Waals surface area (Å²) in [6.45, 7) is 9.28. The van der Waals surface area contributed by atoms with Gasteiger partial charge in [0.25, 0.3) is 0 Å². The van der Waals surface area contributed by atoms with Crippen molar-refractivity contribution in [2.75, 3.05) is 10.6 Å². The van der Waals surface area contributed by atoms with E-state index in [-0.39, 0.29) is 6.04 Å². The standard InChI is InChI=1S/C24H28N4O4/c1-23(2,3)32-22(30)27-17-9-10-20-18(12-17)19(13-24(4,5)31-20)28-21(29)26-16-8-6-7-15(11-16)14-25/h6-12,19H,13H2,1-5H3,(H,27,30)(H2,26,28,29). The first-order valence-corrected chi connectivity index (χ1v) is 10.3. The number of rotatable bonds is 3. The van der Waals surface area contributed by atoms with Crippen molar-refractivity contribution in [3.8, 4) is 11.8 Å². The smallest absolute Gasteiger partial charge is 0.412 e. The highest BCUT2D eigenvalue weighted by Gasteiger charge is 2.35. The number of fused-ring (bicyclic) bond motifs is 1. The van der Waals surface area contributed by atoms with Gasteiger partial charge in [-0.2, -0.15) is 5.26 Å². The number of nitriles is 1. The molecule has 2 aromatic carbocycles. The van der Waals surface area contributed by atoms with Gasteiger partial charge >= 0.3 is 12.1 Å². The molecule has 1 atom stereocenters. The fraction of sp³-hybridized carbons (Fsp3) is 0.375. The molecule has 32 heavy (non-hydrogen) atoms. The first kappa shape index (κ1) is 22.9. The van der Waals surface area contributed by atoms with Crippen LogP contribution in [0.4, 0.5) is 21.0 Å². The van der Waals surface area contributed by atoms with Gasteiger partial charge < -0.3 is 20.1 Å². The maximum atomic E-state index is 12.7. The van der Waals surface area contributed by atoms with Crippen LogP contribution in [0.1, 0.15) is 58.2 Å². The predicted octanol–water partition coefficient (Wildman–Crippen LogP) is 5.33. The lowest BCUT2D eigenvalue weighted by atomic mass is 9.89. The van der Waals surface area contributed by atoms with E-state index in [4.69, 9.17) is 14.7 Å². The molecule has 1 heterocycles. The summed E-state index contributed by atoms with van der Waals surface area (Å²) < 4.78 is 11.4. The molecule has 3 N–H and O–H groups in total. The van der Waals surface area contributed by atoms with Gasteiger partial charge in [-0.1, -0.05) is 6.07 Å². The van der Waals surface area contributed by atoms with Crippen molar-refractivity contribution in [1.82, 2.24) is 5.32 Å². The van der Waals surface area contributed by atoms with E-state index in [0.29, 0.717) is 29.1 Å². The Kier molecular flexibility index (Phi) is 6.30. The number of urea groups is 1. The average Bonchev–Trinajstić information content (AvgIpc) is 2.66. The zero-order chi connectivity index (χ0) is 23.5. The summed E-state index contributed by atoms with van der Waals surface area (Å²) in [5.41, 5.74) is 1.16. The average molecular weight is 437 g/mol. The van der Waals surface area contributed by atoms with Gasteiger partial charge in [0.05, 0.1) is 17.7 Å². The molecule has 8 heteroatoms. The van der Waals surface area contributed by atoms with Crippen molar-refractivity contribution >= 4 is 23.5 Å². The Morgan fingerprint density at radius 3 is 2.53 bits per heavy atom. The lowest BCUT2D eigenvalue weighted by Gasteiger charge is -2.38. The van der Waals surface area contributed by atoms with Crippen molar-refractivity contribution in [3.63, 3.8) is 0 Å². The molecule has 0 spiro atoms. The Labute approximate surface area is 187 Å². The monoisotopic (exact) mass is 436 g/mol. The Balaban J connectivity index is 1.78. The van der Waals surface area contributed by atoms with Crippen LogP contribution >= 0.6 is 0 Å². The normalized spacial score (nSPS) is 16.6. The topological polar surface area (TPSA) is 112 Å². The van der Waals surface area contributed by atoms with Gasteiger partial charge in [0.1, 0.15) is 17.0 Å². The van der Waals surface area contributed by atoms with Crippen LogP contribution in [-0.4, -0.2) is 23.3 Å². The number of carbonyl (C=O) groups excluding carboxylic acids is 2. The summed E-state index contributed by atoms with van der Waals surface area (Å²) in [5, 5.41) is 17.5. The van der Waals surface area contributed by atoms with Crippen LogP contribution in [0.3, 0.4) is 0 Å². The van der Waals surface area contributed by atoms with Gasteiger partial charge in [-0.25, -0.2) is 9.59 Å². The molecule has 0 bridgehead atoms. The zero-order valence-electron chi connectivity index (χ0n) is 18.9. The van der Waals surface area contributed by atoms with Crippen LogP contribution in [0.2, 0.25) is 0 Å². The molecule has 3 rings (SSSR count). The molecule has 1 aliphatic rings. The molecular formula is C24H28N4O4. The van der Waals surface area contributed by atoms with Crippen molar-refractivity contribution in [2.24, 2.45) is 0 Å². The van der Waals surface area contributed by atoms with Crippen LogP contribution in [0.5, 0.6) is 5.75 Å². The second-order valence-corrected chi connectivity index (χ2v) is 9.29. The summed E-state index contributed by atoms with van der Waals surface area (Å²) in [5.74, 6) is 0.632. The van der Waals surface area contributed by atoms with Crippen molar-refractivity contribution in [2.45, 2.75) is 58.3 Å². The fourth-order valence-electron chi connectivity index (χ4n) is 3.47. The number of nitrogens with one attached hydrogen (secondary N) is 3. The second-order valence-electron chi connectivity index (χ2n) is 9.29. The van der Waals surface area contributed by atoms with Crippen molar-refractivity contribution in [3.05, 3.63) is 53.6 Å². The highest BCUT2D eigenvalue weighted by Crippen LogP contribution is 2.40. The molecule has 0 fully saturated rings. The lowest BCUT2D eigenvalue weighted by molar-refractivity contribution is 0.0631. The maximum Gasteiger partial charge on any atom is 0.412 e. The minimum Gasteiger partial charge on any atom is -0.487 e. The number of ether oxygens (including phenoxy) is 2. The maximum absolute atomic E-state index is 12.7. The van der Waals surface area contributed by atoms with Gasteiger partial charge in [-0.15, -0.1) is 0 Å². The SMILES string of the molecule is CC(C)(C)OC(=O)Nc1ccc2c(c1)C(NC(=O)Nc1cccc(C#N)c1)CC(C)(C)O2. The van der Waals surface area contributed by atoms with E-state index < -0.39 is 23.3 Å². The van der Waals surface area contributed by atoms with Crippen LogP contribution in [0.15, 0.2) is 42.5 Å². The Hall–Kier alpha value is -3.73. The summed E-state index contributed by atoms with van der Waals surface area (Å²) in [6, 6.07) is 13.3. The van der Waals surface area contributed by atoms with Crippen molar-refractivity contribution < 1.29 is 19.1 Å². The van der Waals surface area contributed by atoms with E-state index in [1.165, 1.54) is 0 Å². The van der Waals surface area contributed by atoms with Crippen LogP contribution in [0.25, 0.3) is 0 Å². The fourth-order valence-corrected chi connectivity index (χ4v) is 3.47. The van der Waals surface area contributed by atoms with E-state index in [1.807, 2.05) is 19.9 Å². The minimum atomic E-state index is -0.615. The molecule has 8 nitrogen and oxygen atoms in total. The second kappa shape index (κ2) is 8.79. The third kappa shape index (κ3) is 6.14. The number of hydrogen-bond acceptors (Lipinski definition) is 5. The van der Waals surface area contributed by atoms with Gasteiger partial charge in [-0.3, -0.25) is 5.32 Å². The first-order chi connectivity index (χ1) is 14.9. The Bertz CT molecular complexity index is 1070. The number of nitrogens with zero attached hydrogens (tertiary/aromatic N) is 1. The molecule has 3 amide bonds. The number of benzene rings is 2. The quantitative estimate of drug-likeness (QED) is 0.602. The van der Waals surface area contributed by atoms with E-state index in [1.54, 1.807) is 63.2 Å². The highest BCUT2D eigenvalue weighted by molar-refractivity contribution is 5.90. The molecule has 0 aliphatic carbocycles. The number of amides is 3. The van der Waals surface area contributed by atoms with Crippen molar-refractivity contribution in [1.29, 1.82) is 5.26 Å². The van der Waals surface area contributed by atoms with E-state index in [9.17, 15) is 9.59 Å². The third-order valence-electron chi connectivity index (χ3n) is 4.67. The molecule has 1 aliphatic heterocycles. The van der Waals surface area contributed by atoms with E-state index in [0.717, 1.165) is 5.56 Å². The summed E-state index contributed by atoms with van der Waals surface area (Å²) in [7, 11) is 0. The predicted molar refractivity (Wildman–Crippen MR) is 122 cm³/mol. The summed E-state index contributed by atoms with van der Waals surface area (Å²) in [6.07, 6.45) is -0.0317. The highest BCUT2D eigenvalue weighted by atomic mass is 16.6. The largest absolute Gasteiger partial charge is 0.487 e. The summed E-state index contributed by atoms with van der Waals surface area (Å²) >= 11 is 0. The van der Waals surface area contributed by atoms with E-state index >= 15 is 0 Å². The minimum absolute atomic E-state index is 0.353. The number of anilines is 2. The summed E-state index contributed by atoms with van der Waals surface area (Å²) in [4.78, 5) is 24.8. The van der Waals surface area contributed by atoms with Crippen LogP contribution in [-0.2, 0) is 4.74 Å². The van der Waals surface area contributed by atoms with Crippen LogP contribution < -0.4 is 20.7 Å². The molecule has 1 unspecified atom stereocenters. The van der Waals surface area contributed by atoms with E-state index in [2.05, 4.69) is 16.0 Å². The zero-order valence-corrected chi connectivity index (χ0v) is 18.9. The lowest BCUT2D eigenvalue weighted by Crippen LogP contribution is -2.42. The number of hydrogen-bond donors (Lipinski definition) is 3. The van der Waals surface area contributed by atoms with Gasteiger partial charge in [-0.05, 0) is 71.0 Å². The molecule has 2 aromatic rings. The molecule has 0 radical (unpaired) electrons. The third-order valence-corrected chi connectivity index (χ3v) is 4.67. The molecule has 0 aromatic heterocycles. The molecule has 0 saturated carbocycles. The molecular weight excluding hydrogens is 408 g/mol. The van der Waals surface area contributed by atoms with Gasteiger partial charge in [0.2, 0.25) is 0 Å².